The molecule has 0 aliphatic heterocycles. The monoisotopic (exact) mass is 358 g/mol. The third kappa shape index (κ3) is 5.27. The molecule has 26 heavy (non-hydrogen) atoms. The van der Waals surface area contributed by atoms with Gasteiger partial charge >= 0.3 is 0 Å². The normalized spacial score (nSPS) is 11.9. The average molecular weight is 358 g/mol. The molecule has 0 amide bonds. The van der Waals surface area contributed by atoms with E-state index < -0.39 is 4.92 Å². The molecule has 0 aromatic heterocycles. The van der Waals surface area contributed by atoms with Gasteiger partial charge in [0, 0.05) is 37.7 Å². The van der Waals surface area contributed by atoms with Gasteiger partial charge in [0.05, 0.1) is 4.92 Å². The quantitative estimate of drug-likeness (QED) is 0.359. The topological polar surface area (TPSA) is 79.6 Å². The lowest BCUT2D eigenvalue weighted by molar-refractivity contribution is -0.384. The molecular weight excluding hydrogens is 335 g/mol. The van der Waals surface area contributed by atoms with Crippen LogP contribution in [0.4, 0.5) is 10.1 Å². The van der Waals surface area contributed by atoms with Crippen LogP contribution in [0.25, 0.3) is 0 Å². The Bertz CT molecular complexity index is 788. The van der Waals surface area contributed by atoms with Gasteiger partial charge in [0.1, 0.15) is 5.82 Å². The number of rotatable bonds is 6. The number of nitrogens with one attached hydrogen (secondary N) is 2. The molecule has 6 nitrogen and oxygen atoms in total. The number of halogens is 1. The number of nitrogens with zero attached hydrogens (tertiary/aromatic N) is 2. The lowest BCUT2D eigenvalue weighted by Crippen LogP contribution is -2.43. The Labute approximate surface area is 152 Å². The van der Waals surface area contributed by atoms with E-state index in [1.807, 2.05) is 19.9 Å². The summed E-state index contributed by atoms with van der Waals surface area (Å²) < 4.78 is 13.5. The summed E-state index contributed by atoms with van der Waals surface area (Å²) in [6.07, 6.45) is 0. The summed E-state index contributed by atoms with van der Waals surface area (Å²) in [4.78, 5) is 14.4. The number of nitro benzene ring substituents is 1. The maximum Gasteiger partial charge on any atom is 0.269 e. The average Bonchev–Trinajstić information content (AvgIpc) is 2.62. The van der Waals surface area contributed by atoms with Crippen molar-refractivity contribution in [3.8, 4) is 0 Å². The van der Waals surface area contributed by atoms with Gasteiger partial charge in [0.25, 0.3) is 5.69 Å². The third-order valence-electron chi connectivity index (χ3n) is 4.13. The zero-order chi connectivity index (χ0) is 19.2. The third-order valence-corrected chi connectivity index (χ3v) is 4.13. The molecule has 0 saturated heterocycles. The van der Waals surface area contributed by atoms with E-state index in [2.05, 4.69) is 15.6 Å². The van der Waals surface area contributed by atoms with Crippen molar-refractivity contribution in [3.63, 3.8) is 0 Å². The summed E-state index contributed by atoms with van der Waals surface area (Å²) in [5, 5.41) is 17.1. The molecule has 0 spiro atoms. The molecule has 2 rings (SSSR count). The summed E-state index contributed by atoms with van der Waals surface area (Å²) >= 11 is 0. The molecule has 2 N–H and O–H groups in total. The first-order valence-electron chi connectivity index (χ1n) is 8.26. The molecule has 2 aromatic carbocycles. The van der Waals surface area contributed by atoms with Crippen molar-refractivity contribution < 1.29 is 9.31 Å². The molecule has 0 bridgehead atoms. The van der Waals surface area contributed by atoms with Crippen LogP contribution in [0.15, 0.2) is 53.5 Å². The Kier molecular flexibility index (Phi) is 6.27. The van der Waals surface area contributed by atoms with Crippen molar-refractivity contribution >= 4 is 11.6 Å². The number of non-ortho nitro benzene ring substituents is 1. The SMILES string of the molecule is CN=C(NCc1ccc([N+](=O)[O-])cc1)NCC(C)(C)c1cccc(F)c1. The molecular formula is C19H23FN4O2. The van der Waals surface area contributed by atoms with Crippen LogP contribution in [-0.2, 0) is 12.0 Å². The van der Waals surface area contributed by atoms with Crippen LogP contribution < -0.4 is 10.6 Å². The molecule has 0 saturated carbocycles. The number of aliphatic imine (C=N–C) groups is 1. The van der Waals surface area contributed by atoms with Gasteiger partial charge in [-0.3, -0.25) is 15.1 Å². The standard InChI is InChI=1S/C19H23FN4O2/c1-19(2,15-5-4-6-16(20)11-15)13-23-18(21-3)22-12-14-7-9-17(10-8-14)24(25)26/h4-11H,12-13H2,1-3H3,(H2,21,22,23). The molecule has 0 fully saturated rings. The van der Waals surface area contributed by atoms with Crippen LogP contribution in [0.2, 0.25) is 0 Å². The van der Waals surface area contributed by atoms with E-state index >= 15 is 0 Å². The molecule has 0 atom stereocenters. The van der Waals surface area contributed by atoms with Crippen molar-refractivity contribution in [2.24, 2.45) is 4.99 Å². The van der Waals surface area contributed by atoms with Crippen LogP contribution in [0.1, 0.15) is 25.0 Å². The van der Waals surface area contributed by atoms with Crippen LogP contribution in [0, 0.1) is 15.9 Å². The molecule has 7 heteroatoms. The largest absolute Gasteiger partial charge is 0.356 e. The fraction of sp³-hybridized carbons (Fsp3) is 0.316. The van der Waals surface area contributed by atoms with Crippen molar-refractivity contribution in [1.29, 1.82) is 0 Å². The van der Waals surface area contributed by atoms with Crippen LogP contribution >= 0.6 is 0 Å². The molecule has 2 aromatic rings. The zero-order valence-corrected chi connectivity index (χ0v) is 15.1. The van der Waals surface area contributed by atoms with E-state index in [1.54, 1.807) is 25.2 Å². The highest BCUT2D eigenvalue weighted by molar-refractivity contribution is 5.79. The second-order valence-electron chi connectivity index (χ2n) is 6.60. The van der Waals surface area contributed by atoms with E-state index in [-0.39, 0.29) is 16.9 Å². The van der Waals surface area contributed by atoms with E-state index in [0.29, 0.717) is 19.0 Å². The van der Waals surface area contributed by atoms with Crippen LogP contribution in [0.5, 0.6) is 0 Å². The number of guanidine groups is 1. The molecule has 0 aliphatic carbocycles. The first-order chi connectivity index (χ1) is 12.3. The lowest BCUT2D eigenvalue weighted by Gasteiger charge is -2.27. The highest BCUT2D eigenvalue weighted by Gasteiger charge is 2.21. The van der Waals surface area contributed by atoms with Crippen molar-refractivity contribution in [1.82, 2.24) is 10.6 Å². The van der Waals surface area contributed by atoms with Crippen molar-refractivity contribution in [2.45, 2.75) is 25.8 Å². The predicted octanol–water partition coefficient (Wildman–Crippen LogP) is 3.38. The van der Waals surface area contributed by atoms with E-state index in [1.165, 1.54) is 24.3 Å². The minimum Gasteiger partial charge on any atom is -0.356 e. The molecule has 138 valence electrons. The maximum absolute atomic E-state index is 13.5. The van der Waals surface area contributed by atoms with Gasteiger partial charge in [0.2, 0.25) is 0 Å². The second kappa shape index (κ2) is 8.42. The number of hydrogen-bond donors (Lipinski definition) is 2. The summed E-state index contributed by atoms with van der Waals surface area (Å²) in [5.74, 6) is 0.351. The highest BCUT2D eigenvalue weighted by atomic mass is 19.1. The Morgan fingerprint density at radius 3 is 2.46 bits per heavy atom. The van der Waals surface area contributed by atoms with Gasteiger partial charge in [-0.15, -0.1) is 0 Å². The van der Waals surface area contributed by atoms with Crippen LogP contribution in [0.3, 0.4) is 0 Å². The van der Waals surface area contributed by atoms with Gasteiger partial charge < -0.3 is 10.6 Å². The van der Waals surface area contributed by atoms with Gasteiger partial charge in [-0.25, -0.2) is 4.39 Å². The van der Waals surface area contributed by atoms with E-state index in [9.17, 15) is 14.5 Å². The van der Waals surface area contributed by atoms with Gasteiger partial charge in [0.15, 0.2) is 5.96 Å². The second-order valence-corrected chi connectivity index (χ2v) is 6.60. The predicted molar refractivity (Wildman–Crippen MR) is 101 cm³/mol. The molecule has 0 unspecified atom stereocenters. The fourth-order valence-electron chi connectivity index (χ4n) is 2.46. The van der Waals surface area contributed by atoms with E-state index in [0.717, 1.165) is 11.1 Å². The molecule has 0 heterocycles. The first-order valence-corrected chi connectivity index (χ1v) is 8.26. The summed E-state index contributed by atoms with van der Waals surface area (Å²) in [6.45, 7) is 5.10. The summed E-state index contributed by atoms with van der Waals surface area (Å²) in [5.41, 5.74) is 1.58. The van der Waals surface area contributed by atoms with Crippen molar-refractivity contribution in [3.05, 3.63) is 75.6 Å². The minimum absolute atomic E-state index is 0.0631. The van der Waals surface area contributed by atoms with Gasteiger partial charge in [-0.1, -0.05) is 38.1 Å². The fourth-order valence-corrected chi connectivity index (χ4v) is 2.46. The molecule has 0 radical (unpaired) electrons. The zero-order valence-electron chi connectivity index (χ0n) is 15.1. The van der Waals surface area contributed by atoms with E-state index in [4.69, 9.17) is 0 Å². The Morgan fingerprint density at radius 1 is 1.19 bits per heavy atom. The lowest BCUT2D eigenvalue weighted by atomic mass is 9.84. The van der Waals surface area contributed by atoms with Crippen LogP contribution in [-0.4, -0.2) is 24.5 Å². The maximum atomic E-state index is 13.5. The number of hydrogen-bond acceptors (Lipinski definition) is 3. The number of benzene rings is 2. The van der Waals surface area contributed by atoms with Crippen molar-refractivity contribution in [2.75, 3.05) is 13.6 Å². The molecule has 0 aliphatic rings. The minimum atomic E-state index is -0.424. The Hall–Kier alpha value is -2.96. The number of nitro groups is 1. The van der Waals surface area contributed by atoms with Gasteiger partial charge in [-0.2, -0.15) is 0 Å². The Morgan fingerprint density at radius 2 is 1.88 bits per heavy atom. The van der Waals surface area contributed by atoms with Gasteiger partial charge in [-0.05, 0) is 23.3 Å². The summed E-state index contributed by atoms with van der Waals surface area (Å²) in [7, 11) is 1.67. The first kappa shape index (κ1) is 19.4. The highest BCUT2D eigenvalue weighted by Crippen LogP contribution is 2.22. The smallest absolute Gasteiger partial charge is 0.269 e. The Balaban J connectivity index is 1.92. The summed E-state index contributed by atoms with van der Waals surface area (Å²) in [6, 6.07) is 12.9.